The number of nitrogen functional groups attached to an aromatic ring is 1. The van der Waals surface area contributed by atoms with Crippen LogP contribution in [0.25, 0.3) is 0 Å². The van der Waals surface area contributed by atoms with Crippen LogP contribution in [0.1, 0.15) is 19.4 Å². The number of azo groups is 1. The number of anilines is 2. The van der Waals surface area contributed by atoms with Crippen molar-refractivity contribution in [3.05, 3.63) is 48.0 Å². The molecule has 2 unspecified atom stereocenters. The molecular formula is C17H22N4O2. The average Bonchev–Trinajstić information content (AvgIpc) is 2.47. The maximum absolute atomic E-state index is 9.78. The molecule has 0 heterocycles. The van der Waals surface area contributed by atoms with Crippen molar-refractivity contribution < 1.29 is 10.2 Å². The zero-order valence-corrected chi connectivity index (χ0v) is 13.5. The molecule has 6 heteroatoms. The number of aliphatic hydroxyl groups is 2. The molecule has 0 aromatic heterocycles. The minimum atomic E-state index is -0.795. The van der Waals surface area contributed by atoms with Gasteiger partial charge in [0.15, 0.2) is 0 Å². The van der Waals surface area contributed by atoms with Gasteiger partial charge in [-0.2, -0.15) is 10.2 Å². The molecule has 0 amide bonds. The maximum Gasteiger partial charge on any atom is 0.126 e. The molecule has 122 valence electrons. The monoisotopic (exact) mass is 314 g/mol. The van der Waals surface area contributed by atoms with Gasteiger partial charge in [0.1, 0.15) is 12.5 Å². The number of benzene rings is 2. The lowest BCUT2D eigenvalue weighted by Gasteiger charge is -2.30. The quantitative estimate of drug-likeness (QED) is 0.447. The summed E-state index contributed by atoms with van der Waals surface area (Å²) in [6.07, 6.45) is -1.59. The van der Waals surface area contributed by atoms with Gasteiger partial charge in [-0.25, -0.2) is 0 Å². The summed E-state index contributed by atoms with van der Waals surface area (Å²) in [7, 11) is 0. The Kier molecular flexibility index (Phi) is 5.31. The number of aryl methyl sites for hydroxylation is 1. The van der Waals surface area contributed by atoms with Crippen molar-refractivity contribution >= 4 is 22.7 Å². The number of nitrogens with two attached hydrogens (primary N) is 1. The Bertz CT molecular complexity index is 673. The molecule has 0 fully saturated rings. The number of aliphatic hydroxyl groups excluding tert-OH is 2. The predicted octanol–water partition coefficient (Wildman–Crippen LogP) is 3.48. The van der Waals surface area contributed by atoms with E-state index in [1.807, 2.05) is 19.1 Å². The summed E-state index contributed by atoms with van der Waals surface area (Å²) in [5.74, 6) is 0. The van der Waals surface area contributed by atoms with Gasteiger partial charge >= 0.3 is 0 Å². The van der Waals surface area contributed by atoms with Crippen LogP contribution >= 0.6 is 0 Å². The average molecular weight is 314 g/mol. The smallest absolute Gasteiger partial charge is 0.126 e. The molecule has 0 aliphatic rings. The Balaban J connectivity index is 2.23. The molecule has 0 bridgehead atoms. The van der Waals surface area contributed by atoms with E-state index in [-0.39, 0.29) is 0 Å². The molecule has 2 aromatic carbocycles. The zero-order chi connectivity index (χ0) is 17.0. The van der Waals surface area contributed by atoms with E-state index < -0.39 is 12.5 Å². The number of hydrogen-bond acceptors (Lipinski definition) is 6. The molecule has 23 heavy (non-hydrogen) atoms. The highest BCUT2D eigenvalue weighted by molar-refractivity contribution is 5.58. The summed E-state index contributed by atoms with van der Waals surface area (Å²) in [5.41, 5.74) is 9.38. The Hall–Kier alpha value is -2.44. The van der Waals surface area contributed by atoms with Crippen molar-refractivity contribution in [1.82, 2.24) is 0 Å². The van der Waals surface area contributed by atoms with Crippen molar-refractivity contribution in [3.8, 4) is 0 Å². The van der Waals surface area contributed by atoms with E-state index in [2.05, 4.69) is 10.2 Å². The fourth-order valence-electron chi connectivity index (χ4n) is 2.31. The van der Waals surface area contributed by atoms with Crippen molar-refractivity contribution in [2.75, 3.05) is 10.6 Å². The van der Waals surface area contributed by atoms with Gasteiger partial charge in [-0.1, -0.05) is 0 Å². The third-order valence-electron chi connectivity index (χ3n) is 3.45. The largest absolute Gasteiger partial charge is 0.399 e. The van der Waals surface area contributed by atoms with E-state index in [4.69, 9.17) is 5.73 Å². The highest BCUT2D eigenvalue weighted by Gasteiger charge is 2.17. The molecule has 0 spiro atoms. The number of nitrogens with zero attached hydrogens (tertiary/aromatic N) is 3. The van der Waals surface area contributed by atoms with Gasteiger partial charge in [-0.05, 0) is 68.8 Å². The molecule has 2 aromatic rings. The molecule has 0 saturated heterocycles. The number of hydrogen-bond donors (Lipinski definition) is 3. The van der Waals surface area contributed by atoms with Crippen molar-refractivity contribution in [2.24, 2.45) is 10.2 Å². The van der Waals surface area contributed by atoms with E-state index in [0.717, 1.165) is 22.6 Å². The minimum Gasteiger partial charge on any atom is -0.399 e. The van der Waals surface area contributed by atoms with Crippen LogP contribution < -0.4 is 10.6 Å². The first-order chi connectivity index (χ1) is 10.9. The zero-order valence-electron chi connectivity index (χ0n) is 13.5. The standard InChI is InChI=1S/C17H22N4O2/c1-11-10-16(21(12(2)22)13(3)23)8-9-17(11)20-19-15-6-4-14(18)5-7-15/h4-10,12-13,22-23H,18H2,1-3H3/b20-19+. The Morgan fingerprint density at radius 3 is 2.09 bits per heavy atom. The fraction of sp³-hybridized carbons (Fsp3) is 0.294. The van der Waals surface area contributed by atoms with Crippen LogP contribution in [0.4, 0.5) is 22.7 Å². The Labute approximate surface area is 135 Å². The predicted molar refractivity (Wildman–Crippen MR) is 92.1 cm³/mol. The first kappa shape index (κ1) is 16.9. The molecule has 0 radical (unpaired) electrons. The second kappa shape index (κ2) is 7.21. The highest BCUT2D eigenvalue weighted by atomic mass is 16.3. The number of rotatable bonds is 5. The van der Waals surface area contributed by atoms with Crippen LogP contribution in [0, 0.1) is 6.92 Å². The van der Waals surface area contributed by atoms with Crippen LogP contribution in [-0.4, -0.2) is 22.7 Å². The Morgan fingerprint density at radius 1 is 0.957 bits per heavy atom. The van der Waals surface area contributed by atoms with Crippen molar-refractivity contribution in [1.29, 1.82) is 0 Å². The van der Waals surface area contributed by atoms with E-state index in [0.29, 0.717) is 5.69 Å². The summed E-state index contributed by atoms with van der Waals surface area (Å²) in [6.45, 7) is 5.12. The third-order valence-corrected chi connectivity index (χ3v) is 3.45. The normalized spacial score (nSPS) is 14.0. The van der Waals surface area contributed by atoms with Crippen LogP contribution in [0.5, 0.6) is 0 Å². The molecule has 6 nitrogen and oxygen atoms in total. The molecule has 0 aliphatic carbocycles. The van der Waals surface area contributed by atoms with Crippen molar-refractivity contribution in [2.45, 2.75) is 33.2 Å². The van der Waals surface area contributed by atoms with Gasteiger partial charge in [0.25, 0.3) is 0 Å². The summed E-state index contributed by atoms with van der Waals surface area (Å²) >= 11 is 0. The van der Waals surface area contributed by atoms with Gasteiger partial charge in [0.05, 0.1) is 11.4 Å². The molecule has 0 aliphatic heterocycles. The van der Waals surface area contributed by atoms with Gasteiger partial charge in [0, 0.05) is 11.4 Å². The second-order valence-corrected chi connectivity index (χ2v) is 5.43. The fourth-order valence-corrected chi connectivity index (χ4v) is 2.31. The van der Waals surface area contributed by atoms with Crippen LogP contribution in [0.15, 0.2) is 52.7 Å². The van der Waals surface area contributed by atoms with Crippen molar-refractivity contribution in [3.63, 3.8) is 0 Å². The van der Waals surface area contributed by atoms with Gasteiger partial charge in [-0.3, -0.25) is 0 Å². The van der Waals surface area contributed by atoms with Crippen LogP contribution in [-0.2, 0) is 0 Å². The first-order valence-electron chi connectivity index (χ1n) is 7.41. The summed E-state index contributed by atoms with van der Waals surface area (Å²) in [5, 5.41) is 28.0. The van der Waals surface area contributed by atoms with Gasteiger partial charge < -0.3 is 20.8 Å². The summed E-state index contributed by atoms with van der Waals surface area (Å²) < 4.78 is 0. The third kappa shape index (κ3) is 4.28. The van der Waals surface area contributed by atoms with E-state index in [1.165, 1.54) is 4.90 Å². The lowest BCUT2D eigenvalue weighted by atomic mass is 10.1. The lowest BCUT2D eigenvalue weighted by molar-refractivity contribution is 0.105. The summed E-state index contributed by atoms with van der Waals surface area (Å²) in [4.78, 5) is 1.51. The molecule has 2 rings (SSSR count). The van der Waals surface area contributed by atoms with E-state index in [1.54, 1.807) is 44.2 Å². The van der Waals surface area contributed by atoms with Crippen LogP contribution in [0.3, 0.4) is 0 Å². The summed E-state index contributed by atoms with van der Waals surface area (Å²) in [6, 6.07) is 12.6. The second-order valence-electron chi connectivity index (χ2n) is 5.43. The van der Waals surface area contributed by atoms with E-state index in [9.17, 15) is 10.2 Å². The SMILES string of the molecule is Cc1cc(N(C(C)O)C(C)O)ccc1/N=N/c1ccc(N)cc1. The molecular weight excluding hydrogens is 292 g/mol. The maximum atomic E-state index is 9.78. The van der Waals surface area contributed by atoms with E-state index >= 15 is 0 Å². The highest BCUT2D eigenvalue weighted by Crippen LogP contribution is 2.28. The lowest BCUT2D eigenvalue weighted by Crippen LogP contribution is -2.40. The molecule has 4 N–H and O–H groups in total. The van der Waals surface area contributed by atoms with Crippen LogP contribution in [0.2, 0.25) is 0 Å². The first-order valence-corrected chi connectivity index (χ1v) is 7.41. The Morgan fingerprint density at radius 2 is 1.57 bits per heavy atom. The van der Waals surface area contributed by atoms with Gasteiger partial charge in [-0.15, -0.1) is 0 Å². The molecule has 0 saturated carbocycles. The topological polar surface area (TPSA) is 94.4 Å². The van der Waals surface area contributed by atoms with Gasteiger partial charge in [0.2, 0.25) is 0 Å². The molecule has 2 atom stereocenters. The minimum absolute atomic E-state index is 0.681.